The van der Waals surface area contributed by atoms with Crippen molar-refractivity contribution in [1.82, 2.24) is 0 Å². The summed E-state index contributed by atoms with van der Waals surface area (Å²) in [6.07, 6.45) is 0. The van der Waals surface area contributed by atoms with Crippen LogP contribution < -0.4 is 9.47 Å². The first-order chi connectivity index (χ1) is 10.6. The normalized spacial score (nSPS) is 10.7. The van der Waals surface area contributed by atoms with E-state index in [1.54, 1.807) is 37.4 Å². The lowest BCUT2D eigenvalue weighted by Gasteiger charge is -2.04. The monoisotopic (exact) mass is 352 g/mol. The Morgan fingerprint density at radius 2 is 1.91 bits per heavy atom. The van der Waals surface area contributed by atoms with Crippen LogP contribution in [0.1, 0.15) is 9.67 Å². The molecular weight excluding hydrogens is 343 g/mol. The molecule has 0 amide bonds. The molecule has 1 aromatic heterocycles. The number of hydrogen-bond donors (Lipinski definition) is 0. The van der Waals surface area contributed by atoms with Crippen LogP contribution in [0.2, 0.25) is 10.0 Å². The molecule has 0 aliphatic rings. The molecule has 0 bridgehead atoms. The fraction of sp³-hybridized carbons (Fsp3) is 0.0625. The Morgan fingerprint density at radius 1 is 1.14 bits per heavy atom. The van der Waals surface area contributed by atoms with E-state index in [4.69, 9.17) is 32.7 Å². The van der Waals surface area contributed by atoms with Crippen molar-refractivity contribution in [2.45, 2.75) is 0 Å². The SMILES string of the molecule is COc1ccc2sc(C(=O)Oc3ccccc3Cl)c(Cl)c2c1. The quantitative estimate of drug-likeness (QED) is 0.465. The van der Waals surface area contributed by atoms with Crippen molar-refractivity contribution < 1.29 is 14.3 Å². The van der Waals surface area contributed by atoms with Gasteiger partial charge in [-0.05, 0) is 30.3 Å². The number of halogens is 2. The third kappa shape index (κ3) is 2.77. The van der Waals surface area contributed by atoms with Crippen molar-refractivity contribution in [3.05, 3.63) is 57.4 Å². The summed E-state index contributed by atoms with van der Waals surface area (Å²) < 4.78 is 11.4. The predicted molar refractivity (Wildman–Crippen MR) is 89.8 cm³/mol. The Hall–Kier alpha value is -1.75. The lowest BCUT2D eigenvalue weighted by Crippen LogP contribution is -2.07. The number of thiophene rings is 1. The van der Waals surface area contributed by atoms with Gasteiger partial charge in [-0.15, -0.1) is 11.3 Å². The van der Waals surface area contributed by atoms with E-state index in [0.29, 0.717) is 26.4 Å². The summed E-state index contributed by atoms with van der Waals surface area (Å²) in [5, 5.41) is 1.49. The minimum atomic E-state index is -0.529. The van der Waals surface area contributed by atoms with E-state index >= 15 is 0 Å². The van der Waals surface area contributed by atoms with Crippen molar-refractivity contribution in [1.29, 1.82) is 0 Å². The Kier molecular flexibility index (Phi) is 4.25. The molecule has 2 aromatic carbocycles. The summed E-state index contributed by atoms with van der Waals surface area (Å²) in [6.45, 7) is 0. The van der Waals surface area contributed by atoms with Crippen LogP contribution in [0.25, 0.3) is 10.1 Å². The van der Waals surface area contributed by atoms with Crippen LogP contribution in [0.3, 0.4) is 0 Å². The molecule has 0 saturated carbocycles. The third-order valence-electron chi connectivity index (χ3n) is 3.06. The van der Waals surface area contributed by atoms with Crippen molar-refractivity contribution in [3.63, 3.8) is 0 Å². The van der Waals surface area contributed by atoms with Crippen molar-refractivity contribution in [3.8, 4) is 11.5 Å². The van der Waals surface area contributed by atoms with E-state index in [0.717, 1.165) is 10.1 Å². The Morgan fingerprint density at radius 3 is 2.64 bits per heavy atom. The van der Waals surface area contributed by atoms with Crippen LogP contribution in [0.4, 0.5) is 0 Å². The lowest BCUT2D eigenvalue weighted by atomic mass is 10.2. The number of esters is 1. The molecule has 0 spiro atoms. The molecule has 0 N–H and O–H groups in total. The molecule has 0 atom stereocenters. The number of methoxy groups -OCH3 is 1. The van der Waals surface area contributed by atoms with Crippen LogP contribution in [0, 0.1) is 0 Å². The molecule has 112 valence electrons. The molecule has 6 heteroatoms. The minimum Gasteiger partial charge on any atom is -0.497 e. The number of carbonyl (C=O) groups excluding carboxylic acids is 1. The highest BCUT2D eigenvalue weighted by Gasteiger charge is 2.20. The maximum atomic E-state index is 12.3. The number of hydrogen-bond acceptors (Lipinski definition) is 4. The molecule has 0 saturated heterocycles. The molecular formula is C16H10Cl2O3S. The van der Waals surface area contributed by atoms with Gasteiger partial charge in [0.05, 0.1) is 17.2 Å². The number of benzene rings is 2. The van der Waals surface area contributed by atoms with E-state index in [-0.39, 0.29) is 0 Å². The number of fused-ring (bicyclic) bond motifs is 1. The first-order valence-corrected chi connectivity index (χ1v) is 7.90. The van der Waals surface area contributed by atoms with Crippen LogP contribution in [-0.2, 0) is 0 Å². The van der Waals surface area contributed by atoms with Gasteiger partial charge in [0.25, 0.3) is 0 Å². The first-order valence-electron chi connectivity index (χ1n) is 6.33. The van der Waals surface area contributed by atoms with Crippen LogP contribution in [0.15, 0.2) is 42.5 Å². The maximum absolute atomic E-state index is 12.3. The lowest BCUT2D eigenvalue weighted by molar-refractivity contribution is 0.0740. The maximum Gasteiger partial charge on any atom is 0.355 e. The van der Waals surface area contributed by atoms with Crippen molar-refractivity contribution >= 4 is 50.6 Å². The number of para-hydroxylation sites is 1. The van der Waals surface area contributed by atoms with E-state index in [1.165, 1.54) is 11.3 Å². The van der Waals surface area contributed by atoms with Crippen molar-refractivity contribution in [2.75, 3.05) is 7.11 Å². The van der Waals surface area contributed by atoms with Gasteiger partial charge in [0, 0.05) is 10.1 Å². The Bertz CT molecular complexity index is 858. The zero-order valence-corrected chi connectivity index (χ0v) is 13.8. The zero-order chi connectivity index (χ0) is 15.7. The molecule has 22 heavy (non-hydrogen) atoms. The van der Waals surface area contributed by atoms with Gasteiger partial charge in [-0.25, -0.2) is 4.79 Å². The highest BCUT2D eigenvalue weighted by Crippen LogP contribution is 2.38. The molecule has 3 rings (SSSR count). The highest BCUT2D eigenvalue weighted by atomic mass is 35.5. The molecule has 0 aliphatic carbocycles. The van der Waals surface area contributed by atoms with Gasteiger partial charge in [0.15, 0.2) is 0 Å². The fourth-order valence-electron chi connectivity index (χ4n) is 1.98. The fourth-order valence-corrected chi connectivity index (χ4v) is 3.51. The summed E-state index contributed by atoms with van der Waals surface area (Å²) in [5.41, 5.74) is 0. The van der Waals surface area contributed by atoms with Gasteiger partial charge in [-0.2, -0.15) is 0 Å². The second-order valence-electron chi connectivity index (χ2n) is 4.43. The van der Waals surface area contributed by atoms with E-state index in [1.807, 2.05) is 12.1 Å². The Balaban J connectivity index is 1.97. The standard InChI is InChI=1S/C16H10Cl2O3S/c1-20-9-6-7-13-10(8-9)14(18)15(22-13)16(19)21-12-5-3-2-4-11(12)17/h2-8H,1H3. The third-order valence-corrected chi connectivity index (χ3v) is 5.03. The molecule has 0 fully saturated rings. The van der Waals surface area contributed by atoms with E-state index in [2.05, 4.69) is 0 Å². The zero-order valence-electron chi connectivity index (χ0n) is 11.4. The molecule has 0 aliphatic heterocycles. The Labute approximate surface area is 141 Å². The minimum absolute atomic E-state index is 0.306. The smallest absolute Gasteiger partial charge is 0.355 e. The van der Waals surface area contributed by atoms with Crippen LogP contribution in [0.5, 0.6) is 11.5 Å². The highest BCUT2D eigenvalue weighted by molar-refractivity contribution is 7.21. The summed E-state index contributed by atoms with van der Waals surface area (Å²) in [7, 11) is 1.58. The number of ether oxygens (including phenoxy) is 2. The predicted octanol–water partition coefficient (Wildman–Crippen LogP) is 5.44. The number of carbonyl (C=O) groups is 1. The molecule has 0 unspecified atom stereocenters. The van der Waals surface area contributed by atoms with E-state index in [9.17, 15) is 4.79 Å². The largest absolute Gasteiger partial charge is 0.497 e. The summed E-state index contributed by atoms with van der Waals surface area (Å²) in [6, 6.07) is 12.3. The summed E-state index contributed by atoms with van der Waals surface area (Å²) >= 11 is 13.6. The summed E-state index contributed by atoms with van der Waals surface area (Å²) in [4.78, 5) is 12.7. The molecule has 0 radical (unpaired) electrons. The van der Waals surface area contributed by atoms with Gasteiger partial charge in [-0.3, -0.25) is 0 Å². The average Bonchev–Trinajstić information content (AvgIpc) is 2.86. The molecule has 3 nitrogen and oxygen atoms in total. The van der Waals surface area contributed by atoms with Gasteiger partial charge in [0.2, 0.25) is 0 Å². The molecule has 3 aromatic rings. The van der Waals surface area contributed by atoms with Crippen molar-refractivity contribution in [2.24, 2.45) is 0 Å². The molecule has 1 heterocycles. The van der Waals surface area contributed by atoms with Gasteiger partial charge in [-0.1, -0.05) is 35.3 Å². The topological polar surface area (TPSA) is 35.5 Å². The van der Waals surface area contributed by atoms with Crippen LogP contribution >= 0.6 is 34.5 Å². The van der Waals surface area contributed by atoms with Gasteiger partial charge >= 0.3 is 5.97 Å². The first kappa shape index (κ1) is 15.2. The number of rotatable bonds is 3. The second-order valence-corrected chi connectivity index (χ2v) is 6.26. The van der Waals surface area contributed by atoms with Crippen LogP contribution in [-0.4, -0.2) is 13.1 Å². The second kappa shape index (κ2) is 6.16. The average molecular weight is 353 g/mol. The van der Waals surface area contributed by atoms with Gasteiger partial charge < -0.3 is 9.47 Å². The van der Waals surface area contributed by atoms with Gasteiger partial charge in [0.1, 0.15) is 16.4 Å². The van der Waals surface area contributed by atoms with E-state index < -0.39 is 5.97 Å². The summed E-state index contributed by atoms with van der Waals surface area (Å²) in [5.74, 6) is 0.455.